The molecular weight excluding hydrogens is 403 g/mol. The zero-order valence-electron chi connectivity index (χ0n) is 17.3. The quantitative estimate of drug-likeness (QED) is 0.579. The Balaban J connectivity index is 1.76. The number of amides is 2. The SMILES string of the molecule is CC1(C(=O)N2Cc3c(F)cc(C(=O)NO)cc3OC[C@@H]2c2ccccc2)CCOCC1. The van der Waals surface area contributed by atoms with Crippen LogP contribution in [0.2, 0.25) is 0 Å². The van der Waals surface area contributed by atoms with Crippen molar-refractivity contribution in [1.29, 1.82) is 0 Å². The van der Waals surface area contributed by atoms with Crippen molar-refractivity contribution >= 4 is 11.8 Å². The third kappa shape index (κ3) is 4.13. The summed E-state index contributed by atoms with van der Waals surface area (Å²) in [5, 5.41) is 8.89. The summed E-state index contributed by atoms with van der Waals surface area (Å²) < 4.78 is 26.4. The Bertz CT molecular complexity index is 975. The summed E-state index contributed by atoms with van der Waals surface area (Å²) in [4.78, 5) is 27.2. The van der Waals surface area contributed by atoms with E-state index >= 15 is 4.39 Å². The van der Waals surface area contributed by atoms with Gasteiger partial charge in [0.1, 0.15) is 18.2 Å². The van der Waals surface area contributed by atoms with Gasteiger partial charge in [-0.3, -0.25) is 14.8 Å². The maximum Gasteiger partial charge on any atom is 0.274 e. The molecule has 0 aromatic heterocycles. The number of carbonyl (C=O) groups excluding carboxylic acids is 2. The van der Waals surface area contributed by atoms with Gasteiger partial charge in [0.15, 0.2) is 0 Å². The van der Waals surface area contributed by atoms with E-state index in [0.29, 0.717) is 26.1 Å². The number of hydroxylamine groups is 1. The minimum absolute atomic E-state index is 0.0109. The van der Waals surface area contributed by atoms with Gasteiger partial charge in [-0.2, -0.15) is 0 Å². The molecule has 0 unspecified atom stereocenters. The molecule has 2 aliphatic rings. The van der Waals surface area contributed by atoms with Crippen LogP contribution in [0.15, 0.2) is 42.5 Å². The molecule has 0 saturated carbocycles. The topological polar surface area (TPSA) is 88.1 Å². The van der Waals surface area contributed by atoms with Crippen LogP contribution in [-0.4, -0.2) is 41.7 Å². The maximum absolute atomic E-state index is 15.0. The number of halogens is 1. The van der Waals surface area contributed by atoms with E-state index in [9.17, 15) is 9.59 Å². The lowest BCUT2D eigenvalue weighted by Crippen LogP contribution is -2.47. The molecule has 8 heteroatoms. The summed E-state index contributed by atoms with van der Waals surface area (Å²) in [7, 11) is 0. The molecule has 2 aromatic rings. The van der Waals surface area contributed by atoms with Crippen LogP contribution in [0.25, 0.3) is 0 Å². The highest BCUT2D eigenvalue weighted by molar-refractivity contribution is 5.94. The molecule has 2 N–H and O–H groups in total. The second-order valence-electron chi connectivity index (χ2n) is 8.22. The van der Waals surface area contributed by atoms with E-state index in [1.54, 1.807) is 4.90 Å². The minimum atomic E-state index is -0.836. The number of nitrogens with zero attached hydrogens (tertiary/aromatic N) is 1. The summed E-state index contributed by atoms with van der Waals surface area (Å²) in [6, 6.07) is 11.5. The first-order chi connectivity index (χ1) is 14.9. The fraction of sp³-hybridized carbons (Fsp3) is 0.391. The first-order valence-corrected chi connectivity index (χ1v) is 10.3. The van der Waals surface area contributed by atoms with Gasteiger partial charge in [-0.15, -0.1) is 0 Å². The number of benzene rings is 2. The van der Waals surface area contributed by atoms with E-state index in [1.165, 1.54) is 11.5 Å². The van der Waals surface area contributed by atoms with Gasteiger partial charge >= 0.3 is 0 Å². The van der Waals surface area contributed by atoms with Gasteiger partial charge < -0.3 is 14.4 Å². The normalized spacial score (nSPS) is 20.2. The van der Waals surface area contributed by atoms with Crippen molar-refractivity contribution in [2.75, 3.05) is 19.8 Å². The lowest BCUT2D eigenvalue weighted by Gasteiger charge is -2.39. The van der Waals surface area contributed by atoms with Gasteiger partial charge in [0.25, 0.3) is 5.91 Å². The van der Waals surface area contributed by atoms with Crippen LogP contribution in [0, 0.1) is 11.2 Å². The van der Waals surface area contributed by atoms with Crippen LogP contribution in [-0.2, 0) is 16.1 Å². The predicted octanol–water partition coefficient (Wildman–Crippen LogP) is 3.22. The van der Waals surface area contributed by atoms with Crippen LogP contribution in [0.4, 0.5) is 4.39 Å². The molecule has 1 atom stereocenters. The largest absolute Gasteiger partial charge is 0.491 e. The molecule has 1 saturated heterocycles. The third-order valence-electron chi connectivity index (χ3n) is 6.18. The monoisotopic (exact) mass is 428 g/mol. The Labute approximate surface area is 179 Å². The van der Waals surface area contributed by atoms with Crippen molar-refractivity contribution in [3.8, 4) is 5.75 Å². The number of hydrogen-bond acceptors (Lipinski definition) is 5. The number of nitrogens with one attached hydrogen (secondary N) is 1. The number of rotatable bonds is 3. The molecular formula is C23H25FN2O5. The highest BCUT2D eigenvalue weighted by Crippen LogP contribution is 2.39. The summed E-state index contributed by atoms with van der Waals surface area (Å²) in [5.41, 5.74) is 1.92. The maximum atomic E-state index is 15.0. The first kappa shape index (κ1) is 21.3. The number of fused-ring (bicyclic) bond motifs is 1. The molecule has 2 aromatic carbocycles. The highest BCUT2D eigenvalue weighted by Gasteiger charge is 2.42. The summed E-state index contributed by atoms with van der Waals surface area (Å²) in [5.74, 6) is -1.39. The second kappa shape index (κ2) is 8.64. The lowest BCUT2D eigenvalue weighted by molar-refractivity contribution is -0.150. The Morgan fingerprint density at radius 1 is 1.19 bits per heavy atom. The molecule has 0 radical (unpaired) electrons. The fourth-order valence-corrected chi connectivity index (χ4v) is 4.18. The molecule has 31 heavy (non-hydrogen) atoms. The van der Waals surface area contributed by atoms with E-state index in [1.807, 2.05) is 37.3 Å². The molecule has 164 valence electrons. The number of hydrogen-bond donors (Lipinski definition) is 2. The Morgan fingerprint density at radius 2 is 1.90 bits per heavy atom. The van der Waals surface area contributed by atoms with Gasteiger partial charge in [-0.05, 0) is 30.5 Å². The number of ether oxygens (including phenoxy) is 2. The summed E-state index contributed by atoms with van der Waals surface area (Å²) in [6.07, 6.45) is 1.19. The van der Waals surface area contributed by atoms with Gasteiger partial charge in [0.05, 0.1) is 18.0 Å². The van der Waals surface area contributed by atoms with Crippen LogP contribution >= 0.6 is 0 Å². The van der Waals surface area contributed by atoms with Crippen LogP contribution in [0.1, 0.15) is 47.3 Å². The van der Waals surface area contributed by atoms with Crippen molar-refractivity contribution in [3.63, 3.8) is 0 Å². The minimum Gasteiger partial charge on any atom is -0.491 e. The van der Waals surface area contributed by atoms with E-state index in [2.05, 4.69) is 0 Å². The standard InChI is InChI=1S/C23H25FN2O5/c1-23(7-9-30-10-8-23)22(28)26-13-17-18(24)11-16(21(27)25-29)12-20(17)31-14-19(26)15-5-3-2-4-6-15/h2-6,11-12,19,29H,7-10,13-14H2,1H3,(H,25,27)/t19-/m1/s1. The van der Waals surface area contributed by atoms with Gasteiger partial charge in [0.2, 0.25) is 5.91 Å². The zero-order valence-corrected chi connectivity index (χ0v) is 17.3. The predicted molar refractivity (Wildman–Crippen MR) is 109 cm³/mol. The summed E-state index contributed by atoms with van der Waals surface area (Å²) >= 11 is 0. The molecule has 2 aliphatic heterocycles. The average Bonchev–Trinajstić information content (AvgIpc) is 2.99. The van der Waals surface area contributed by atoms with E-state index in [-0.39, 0.29) is 35.9 Å². The first-order valence-electron chi connectivity index (χ1n) is 10.3. The van der Waals surface area contributed by atoms with E-state index in [4.69, 9.17) is 14.7 Å². The van der Waals surface area contributed by atoms with Crippen molar-refractivity contribution in [2.24, 2.45) is 5.41 Å². The van der Waals surface area contributed by atoms with Crippen LogP contribution in [0.5, 0.6) is 5.75 Å². The fourth-order valence-electron chi connectivity index (χ4n) is 4.18. The second-order valence-corrected chi connectivity index (χ2v) is 8.22. The van der Waals surface area contributed by atoms with Crippen molar-refractivity contribution < 1.29 is 28.7 Å². The summed E-state index contributed by atoms with van der Waals surface area (Å²) in [6.45, 7) is 3.06. The Morgan fingerprint density at radius 3 is 2.58 bits per heavy atom. The molecule has 2 heterocycles. The Kier molecular flexibility index (Phi) is 5.93. The van der Waals surface area contributed by atoms with Crippen LogP contribution < -0.4 is 10.2 Å². The van der Waals surface area contributed by atoms with Crippen molar-refractivity contribution in [2.45, 2.75) is 32.4 Å². The molecule has 1 fully saturated rings. The lowest BCUT2D eigenvalue weighted by atomic mass is 9.80. The molecule has 0 spiro atoms. The van der Waals surface area contributed by atoms with Gasteiger partial charge in [-0.25, -0.2) is 9.87 Å². The van der Waals surface area contributed by atoms with E-state index in [0.717, 1.165) is 11.6 Å². The van der Waals surface area contributed by atoms with Gasteiger partial charge in [-0.1, -0.05) is 37.3 Å². The molecule has 4 rings (SSSR count). The highest BCUT2D eigenvalue weighted by atomic mass is 19.1. The molecule has 0 bridgehead atoms. The number of carbonyl (C=O) groups is 2. The van der Waals surface area contributed by atoms with E-state index < -0.39 is 23.2 Å². The van der Waals surface area contributed by atoms with Crippen molar-refractivity contribution in [1.82, 2.24) is 10.4 Å². The zero-order chi connectivity index (χ0) is 22.0. The Hall–Kier alpha value is -2.97. The van der Waals surface area contributed by atoms with Crippen LogP contribution in [0.3, 0.4) is 0 Å². The molecule has 0 aliphatic carbocycles. The van der Waals surface area contributed by atoms with Gasteiger partial charge in [0, 0.05) is 24.3 Å². The van der Waals surface area contributed by atoms with Crippen molar-refractivity contribution in [3.05, 3.63) is 65.0 Å². The third-order valence-corrected chi connectivity index (χ3v) is 6.18. The smallest absolute Gasteiger partial charge is 0.274 e. The molecule has 7 nitrogen and oxygen atoms in total. The average molecular weight is 428 g/mol. The molecule has 2 amide bonds.